The SMILES string of the molecule is COC(=O)C[C@H](NC(=O)N(CCO)CCO)C(=O)O. The Labute approximate surface area is 109 Å². The van der Waals surface area contributed by atoms with Crippen molar-refractivity contribution in [3.63, 3.8) is 0 Å². The number of aliphatic hydroxyl groups excluding tert-OH is 2. The van der Waals surface area contributed by atoms with Gasteiger partial charge in [0.1, 0.15) is 6.04 Å². The van der Waals surface area contributed by atoms with Crippen molar-refractivity contribution in [2.45, 2.75) is 12.5 Å². The zero-order valence-electron chi connectivity index (χ0n) is 10.5. The van der Waals surface area contributed by atoms with E-state index in [-0.39, 0.29) is 26.3 Å². The summed E-state index contributed by atoms with van der Waals surface area (Å²) in [4.78, 5) is 34.6. The largest absolute Gasteiger partial charge is 0.480 e. The summed E-state index contributed by atoms with van der Waals surface area (Å²) in [6.45, 7) is -0.780. The van der Waals surface area contributed by atoms with Crippen LogP contribution in [-0.4, -0.2) is 77.6 Å². The number of methoxy groups -OCH3 is 1. The lowest BCUT2D eigenvalue weighted by Gasteiger charge is -2.23. The van der Waals surface area contributed by atoms with Gasteiger partial charge in [-0.3, -0.25) is 4.79 Å². The molecule has 1 atom stereocenters. The third-order valence-corrected chi connectivity index (χ3v) is 2.22. The molecule has 0 aromatic heterocycles. The van der Waals surface area contributed by atoms with Gasteiger partial charge in [-0.05, 0) is 0 Å². The maximum atomic E-state index is 11.7. The molecular formula is C10H18N2O7. The monoisotopic (exact) mass is 278 g/mol. The minimum Gasteiger partial charge on any atom is -0.480 e. The summed E-state index contributed by atoms with van der Waals surface area (Å²) in [6.07, 6.45) is -0.510. The minimum atomic E-state index is -1.43. The molecule has 2 amide bonds. The van der Waals surface area contributed by atoms with Gasteiger partial charge in [0.2, 0.25) is 0 Å². The third-order valence-electron chi connectivity index (χ3n) is 2.22. The summed E-state index contributed by atoms with van der Waals surface area (Å²) in [5, 5.41) is 28.5. The molecule has 19 heavy (non-hydrogen) atoms. The Hall–Kier alpha value is -1.87. The molecule has 0 fully saturated rings. The normalized spacial score (nSPS) is 11.5. The van der Waals surface area contributed by atoms with Crippen molar-refractivity contribution >= 4 is 18.0 Å². The zero-order valence-corrected chi connectivity index (χ0v) is 10.5. The summed E-state index contributed by atoms with van der Waals surface area (Å²) in [7, 11) is 1.10. The van der Waals surface area contributed by atoms with Gasteiger partial charge in [-0.2, -0.15) is 0 Å². The van der Waals surface area contributed by atoms with Crippen LogP contribution in [0.15, 0.2) is 0 Å². The molecular weight excluding hydrogens is 260 g/mol. The maximum Gasteiger partial charge on any atom is 0.326 e. The van der Waals surface area contributed by atoms with E-state index in [2.05, 4.69) is 10.1 Å². The number of urea groups is 1. The molecule has 0 aliphatic carbocycles. The highest BCUT2D eigenvalue weighted by Gasteiger charge is 2.25. The first-order chi connectivity index (χ1) is 8.96. The summed E-state index contributed by atoms with van der Waals surface area (Å²) in [5.74, 6) is -2.16. The zero-order chi connectivity index (χ0) is 14.8. The molecule has 9 heteroatoms. The second-order valence-electron chi connectivity index (χ2n) is 3.55. The lowest BCUT2D eigenvalue weighted by Crippen LogP contribution is -2.50. The van der Waals surface area contributed by atoms with E-state index < -0.39 is 30.4 Å². The standard InChI is InChI=1S/C10H18N2O7/c1-19-8(15)6-7(9(16)17)11-10(18)12(2-4-13)3-5-14/h7,13-14H,2-6H2,1H3,(H,11,18)(H,16,17)/t7-/m0/s1. The van der Waals surface area contributed by atoms with Gasteiger partial charge >= 0.3 is 18.0 Å². The number of amides is 2. The van der Waals surface area contributed by atoms with Crippen molar-refractivity contribution in [3.05, 3.63) is 0 Å². The van der Waals surface area contributed by atoms with Gasteiger partial charge < -0.3 is 30.3 Å². The number of carboxylic acid groups (broad SMARTS) is 1. The average Bonchev–Trinajstić information content (AvgIpc) is 2.37. The molecule has 0 aromatic carbocycles. The number of aliphatic hydroxyl groups is 2. The van der Waals surface area contributed by atoms with E-state index in [0.29, 0.717) is 0 Å². The third kappa shape index (κ3) is 6.58. The van der Waals surface area contributed by atoms with Crippen LogP contribution in [0.1, 0.15) is 6.42 Å². The number of carboxylic acids is 1. The summed E-state index contributed by atoms with van der Waals surface area (Å²) < 4.78 is 4.32. The van der Waals surface area contributed by atoms with Gasteiger partial charge in [-0.1, -0.05) is 0 Å². The van der Waals surface area contributed by atoms with Crippen molar-refractivity contribution in [1.82, 2.24) is 10.2 Å². The van der Waals surface area contributed by atoms with Gasteiger partial charge in [0.15, 0.2) is 0 Å². The summed E-state index contributed by atoms with van der Waals surface area (Å²) >= 11 is 0. The molecule has 0 aromatic rings. The van der Waals surface area contributed by atoms with E-state index in [1.54, 1.807) is 0 Å². The first kappa shape index (κ1) is 17.1. The fraction of sp³-hybridized carbons (Fsp3) is 0.700. The lowest BCUT2D eigenvalue weighted by molar-refractivity contribution is -0.147. The Balaban J connectivity index is 4.59. The Bertz CT molecular complexity index is 315. The second-order valence-corrected chi connectivity index (χ2v) is 3.55. The number of hydrogen-bond donors (Lipinski definition) is 4. The van der Waals surface area contributed by atoms with E-state index in [9.17, 15) is 14.4 Å². The Morgan fingerprint density at radius 1 is 1.21 bits per heavy atom. The quantitative estimate of drug-likeness (QED) is 0.377. The molecule has 0 spiro atoms. The van der Waals surface area contributed by atoms with Crippen LogP contribution in [0.4, 0.5) is 4.79 Å². The maximum absolute atomic E-state index is 11.7. The van der Waals surface area contributed by atoms with Gasteiger partial charge in [0, 0.05) is 13.1 Å². The molecule has 0 aliphatic heterocycles. The molecule has 0 saturated heterocycles. The number of aliphatic carboxylic acids is 1. The number of hydrogen-bond acceptors (Lipinski definition) is 6. The number of carbonyl (C=O) groups excluding carboxylic acids is 2. The molecule has 110 valence electrons. The van der Waals surface area contributed by atoms with Crippen LogP contribution in [0.25, 0.3) is 0 Å². The van der Waals surface area contributed by atoms with Gasteiger partial charge in [-0.15, -0.1) is 0 Å². The van der Waals surface area contributed by atoms with Crippen LogP contribution in [0, 0.1) is 0 Å². The van der Waals surface area contributed by atoms with E-state index in [1.165, 1.54) is 0 Å². The number of nitrogens with zero attached hydrogens (tertiary/aromatic N) is 1. The molecule has 4 N–H and O–H groups in total. The van der Waals surface area contributed by atoms with Gasteiger partial charge in [-0.25, -0.2) is 9.59 Å². The average molecular weight is 278 g/mol. The lowest BCUT2D eigenvalue weighted by atomic mass is 10.2. The smallest absolute Gasteiger partial charge is 0.326 e. The predicted octanol–water partition coefficient (Wildman–Crippen LogP) is -2.00. The van der Waals surface area contributed by atoms with E-state index in [1.807, 2.05) is 0 Å². The number of ether oxygens (including phenoxy) is 1. The Morgan fingerprint density at radius 2 is 1.74 bits per heavy atom. The van der Waals surface area contributed by atoms with E-state index in [4.69, 9.17) is 15.3 Å². The number of nitrogens with one attached hydrogen (secondary N) is 1. The number of rotatable bonds is 8. The minimum absolute atomic E-state index is 0.0586. The molecule has 9 nitrogen and oxygen atoms in total. The van der Waals surface area contributed by atoms with Crippen molar-refractivity contribution < 1.29 is 34.4 Å². The van der Waals surface area contributed by atoms with E-state index >= 15 is 0 Å². The molecule has 0 aliphatic rings. The highest BCUT2D eigenvalue weighted by Crippen LogP contribution is 1.98. The number of carbonyl (C=O) groups is 3. The van der Waals surface area contributed by atoms with Crippen molar-refractivity contribution in [2.75, 3.05) is 33.4 Å². The summed E-state index contributed by atoms with van der Waals surface area (Å²) in [6, 6.07) is -2.22. The van der Waals surface area contributed by atoms with Crippen LogP contribution in [0.3, 0.4) is 0 Å². The molecule has 0 heterocycles. The van der Waals surface area contributed by atoms with Gasteiger partial charge in [0.25, 0.3) is 0 Å². The van der Waals surface area contributed by atoms with Crippen LogP contribution in [-0.2, 0) is 14.3 Å². The topological polar surface area (TPSA) is 136 Å². The van der Waals surface area contributed by atoms with Crippen molar-refractivity contribution in [3.8, 4) is 0 Å². The van der Waals surface area contributed by atoms with E-state index in [0.717, 1.165) is 12.0 Å². The Kier molecular flexibility index (Phi) is 8.22. The van der Waals surface area contributed by atoms with Crippen LogP contribution in [0.5, 0.6) is 0 Å². The van der Waals surface area contributed by atoms with Crippen molar-refractivity contribution in [1.29, 1.82) is 0 Å². The molecule has 0 rings (SSSR count). The van der Waals surface area contributed by atoms with Crippen LogP contribution >= 0.6 is 0 Å². The van der Waals surface area contributed by atoms with Gasteiger partial charge in [0.05, 0.1) is 26.7 Å². The van der Waals surface area contributed by atoms with Crippen LogP contribution < -0.4 is 5.32 Å². The van der Waals surface area contributed by atoms with Crippen LogP contribution in [0.2, 0.25) is 0 Å². The highest BCUT2D eigenvalue weighted by molar-refractivity contribution is 5.86. The highest BCUT2D eigenvalue weighted by atomic mass is 16.5. The molecule has 0 radical (unpaired) electrons. The van der Waals surface area contributed by atoms with Crippen molar-refractivity contribution in [2.24, 2.45) is 0 Å². The summed E-state index contributed by atoms with van der Waals surface area (Å²) in [5.41, 5.74) is 0. The second kappa shape index (κ2) is 9.11. The fourth-order valence-corrected chi connectivity index (χ4v) is 1.25. The molecule has 0 saturated carbocycles. The number of esters is 1. The first-order valence-corrected chi connectivity index (χ1v) is 5.53. The fourth-order valence-electron chi connectivity index (χ4n) is 1.25. The Morgan fingerprint density at radius 3 is 2.11 bits per heavy atom. The predicted molar refractivity (Wildman–Crippen MR) is 62.3 cm³/mol. The molecule has 0 bridgehead atoms. The molecule has 0 unspecified atom stereocenters. The first-order valence-electron chi connectivity index (χ1n) is 5.53.